The van der Waals surface area contributed by atoms with Gasteiger partial charge in [0.2, 0.25) is 5.91 Å². The lowest BCUT2D eigenvalue weighted by Crippen LogP contribution is -2.34. The molecular formula is C20H19F4N3O. The van der Waals surface area contributed by atoms with E-state index < -0.39 is 11.9 Å². The van der Waals surface area contributed by atoms with Crippen LogP contribution in [0.25, 0.3) is 0 Å². The predicted molar refractivity (Wildman–Crippen MR) is 95.0 cm³/mol. The average molecular weight is 393 g/mol. The van der Waals surface area contributed by atoms with Crippen molar-refractivity contribution in [2.24, 2.45) is 11.8 Å². The zero-order valence-electron chi connectivity index (χ0n) is 15.2. The minimum Gasteiger partial charge on any atom is -0.356 e. The van der Waals surface area contributed by atoms with E-state index in [1.165, 1.54) is 25.1 Å². The quantitative estimate of drug-likeness (QED) is 0.727. The van der Waals surface area contributed by atoms with Gasteiger partial charge in [-0.25, -0.2) is 9.37 Å². The van der Waals surface area contributed by atoms with Crippen LogP contribution in [0.3, 0.4) is 0 Å². The summed E-state index contributed by atoms with van der Waals surface area (Å²) < 4.78 is 52.7. The van der Waals surface area contributed by atoms with Crippen LogP contribution < -0.4 is 4.90 Å². The normalized spacial score (nSPS) is 24.5. The highest BCUT2D eigenvalue weighted by Gasteiger charge is 2.49. The zero-order valence-corrected chi connectivity index (χ0v) is 15.2. The summed E-state index contributed by atoms with van der Waals surface area (Å²) in [7, 11) is 0. The molecular weight excluding hydrogens is 374 g/mol. The molecule has 0 radical (unpaired) electrons. The molecule has 4 rings (SSSR count). The molecule has 2 saturated heterocycles. The van der Waals surface area contributed by atoms with Gasteiger partial charge < -0.3 is 9.80 Å². The monoisotopic (exact) mass is 393 g/mol. The first kappa shape index (κ1) is 18.7. The topological polar surface area (TPSA) is 36.4 Å². The zero-order chi connectivity index (χ0) is 20.1. The van der Waals surface area contributed by atoms with E-state index in [2.05, 4.69) is 4.98 Å². The average Bonchev–Trinajstić information content (AvgIpc) is 3.19. The number of carbonyl (C=O) groups is 1. The molecule has 0 spiro atoms. The summed E-state index contributed by atoms with van der Waals surface area (Å²) in [6, 6.07) is 9.74. The first-order valence-corrected chi connectivity index (χ1v) is 9.06. The van der Waals surface area contributed by atoms with Crippen LogP contribution in [0, 0.1) is 17.7 Å². The number of carbonyl (C=O) groups excluding carboxylic acids is 1. The van der Waals surface area contributed by atoms with E-state index in [4.69, 9.17) is 0 Å². The van der Waals surface area contributed by atoms with Crippen LogP contribution in [-0.4, -0.2) is 35.4 Å². The summed E-state index contributed by atoms with van der Waals surface area (Å²) in [4.78, 5) is 19.5. The summed E-state index contributed by atoms with van der Waals surface area (Å²) in [6.07, 6.45) is -4.50. The summed E-state index contributed by atoms with van der Waals surface area (Å²) in [6.45, 7) is 2.95. The summed E-state index contributed by atoms with van der Waals surface area (Å²) in [5, 5.41) is 0. The maximum Gasteiger partial charge on any atom is 0.433 e. The number of hydrogen-bond donors (Lipinski definition) is 0. The molecule has 4 nitrogen and oxygen atoms in total. The Kier molecular flexibility index (Phi) is 4.51. The van der Waals surface area contributed by atoms with Gasteiger partial charge in [-0.3, -0.25) is 4.79 Å². The lowest BCUT2D eigenvalue weighted by atomic mass is 9.89. The summed E-state index contributed by atoms with van der Waals surface area (Å²) in [5.74, 6) is -0.0987. The van der Waals surface area contributed by atoms with E-state index in [0.29, 0.717) is 25.2 Å². The third-order valence-corrected chi connectivity index (χ3v) is 5.61. The largest absolute Gasteiger partial charge is 0.433 e. The van der Waals surface area contributed by atoms with Gasteiger partial charge in [-0.05, 0) is 29.8 Å². The Morgan fingerprint density at radius 3 is 2.54 bits per heavy atom. The molecule has 0 aliphatic carbocycles. The molecule has 3 heterocycles. The second-order valence-corrected chi connectivity index (χ2v) is 7.38. The number of benzene rings is 1. The smallest absolute Gasteiger partial charge is 0.356 e. The molecule has 2 aliphatic rings. The Labute approximate surface area is 159 Å². The first-order chi connectivity index (χ1) is 13.2. The minimum atomic E-state index is -4.50. The number of aromatic nitrogens is 1. The Morgan fingerprint density at radius 2 is 1.86 bits per heavy atom. The van der Waals surface area contributed by atoms with Gasteiger partial charge in [0, 0.05) is 38.4 Å². The molecule has 1 amide bonds. The van der Waals surface area contributed by atoms with Gasteiger partial charge in [-0.1, -0.05) is 18.2 Å². The lowest BCUT2D eigenvalue weighted by molar-refractivity contribution is -0.141. The van der Waals surface area contributed by atoms with E-state index in [9.17, 15) is 22.4 Å². The van der Waals surface area contributed by atoms with Crippen LogP contribution >= 0.6 is 0 Å². The second-order valence-electron chi connectivity index (χ2n) is 7.38. The first-order valence-electron chi connectivity index (χ1n) is 9.06. The number of alkyl halides is 3. The number of anilines is 1. The number of amides is 1. The summed E-state index contributed by atoms with van der Waals surface area (Å²) in [5.41, 5.74) is -0.212. The molecule has 2 aromatic rings. The molecule has 0 unspecified atom stereocenters. The third kappa shape index (κ3) is 3.31. The van der Waals surface area contributed by atoms with Crippen molar-refractivity contribution in [2.45, 2.75) is 19.1 Å². The molecule has 8 heteroatoms. The standard InChI is InChI=1S/C20H19F4N3O/c1-12(28)27-10-14-9-26(18-7-3-6-17(25-18)20(22,23)24)11-16(14)19(27)13-4-2-5-15(21)8-13/h2-8,14,16,19H,9-11H2,1H3/t14-,16-,19-/m1/s1. The van der Waals surface area contributed by atoms with E-state index in [1.54, 1.807) is 23.1 Å². The van der Waals surface area contributed by atoms with Gasteiger partial charge in [-0.15, -0.1) is 0 Å². The van der Waals surface area contributed by atoms with Crippen molar-refractivity contribution >= 4 is 11.7 Å². The molecule has 2 fully saturated rings. The van der Waals surface area contributed by atoms with E-state index >= 15 is 0 Å². The van der Waals surface area contributed by atoms with Gasteiger partial charge in [-0.2, -0.15) is 13.2 Å². The van der Waals surface area contributed by atoms with Gasteiger partial charge in [0.15, 0.2) is 0 Å². The van der Waals surface area contributed by atoms with E-state index in [0.717, 1.165) is 6.07 Å². The Hall–Kier alpha value is -2.64. The molecule has 2 aliphatic heterocycles. The Bertz CT molecular complexity index is 901. The highest BCUT2D eigenvalue weighted by atomic mass is 19.4. The minimum absolute atomic E-state index is 0.00189. The van der Waals surface area contributed by atoms with Crippen LogP contribution in [0.15, 0.2) is 42.5 Å². The Morgan fingerprint density at radius 1 is 1.11 bits per heavy atom. The molecule has 3 atom stereocenters. The molecule has 1 aromatic heterocycles. The van der Waals surface area contributed by atoms with Gasteiger partial charge in [0.05, 0.1) is 6.04 Å². The van der Waals surface area contributed by atoms with Crippen LogP contribution in [-0.2, 0) is 11.0 Å². The van der Waals surface area contributed by atoms with Crippen LogP contribution in [0.2, 0.25) is 0 Å². The van der Waals surface area contributed by atoms with E-state index in [-0.39, 0.29) is 35.4 Å². The van der Waals surface area contributed by atoms with Crippen molar-refractivity contribution in [3.63, 3.8) is 0 Å². The Balaban J connectivity index is 1.63. The number of halogens is 4. The highest BCUT2D eigenvalue weighted by molar-refractivity contribution is 5.74. The van der Waals surface area contributed by atoms with Crippen LogP contribution in [0.4, 0.5) is 23.4 Å². The fourth-order valence-electron chi connectivity index (χ4n) is 4.43. The molecule has 0 bridgehead atoms. The van der Waals surface area contributed by atoms with Crippen LogP contribution in [0.1, 0.15) is 24.2 Å². The van der Waals surface area contributed by atoms with Gasteiger partial charge in [0.25, 0.3) is 0 Å². The number of likely N-dealkylation sites (tertiary alicyclic amines) is 1. The van der Waals surface area contributed by atoms with Crippen molar-refractivity contribution in [1.29, 1.82) is 0 Å². The lowest BCUT2D eigenvalue weighted by Gasteiger charge is -2.29. The molecule has 1 aromatic carbocycles. The van der Waals surface area contributed by atoms with Crippen molar-refractivity contribution in [1.82, 2.24) is 9.88 Å². The van der Waals surface area contributed by atoms with Crippen molar-refractivity contribution in [3.05, 3.63) is 59.5 Å². The number of pyridine rings is 1. The van der Waals surface area contributed by atoms with Crippen molar-refractivity contribution in [2.75, 3.05) is 24.5 Å². The number of hydrogen-bond acceptors (Lipinski definition) is 3. The van der Waals surface area contributed by atoms with Crippen molar-refractivity contribution in [3.8, 4) is 0 Å². The molecule has 148 valence electrons. The second kappa shape index (κ2) is 6.76. The van der Waals surface area contributed by atoms with Crippen molar-refractivity contribution < 1.29 is 22.4 Å². The molecule has 0 N–H and O–H groups in total. The van der Waals surface area contributed by atoms with Crippen LogP contribution in [0.5, 0.6) is 0 Å². The maximum absolute atomic E-state index is 13.8. The summed E-state index contributed by atoms with van der Waals surface area (Å²) >= 11 is 0. The number of fused-ring (bicyclic) bond motifs is 1. The van der Waals surface area contributed by atoms with E-state index in [1.807, 2.05) is 4.90 Å². The van der Waals surface area contributed by atoms with Gasteiger partial charge in [0.1, 0.15) is 17.3 Å². The maximum atomic E-state index is 13.8. The molecule has 28 heavy (non-hydrogen) atoms. The number of rotatable bonds is 2. The third-order valence-electron chi connectivity index (χ3n) is 5.61. The molecule has 0 saturated carbocycles. The fourth-order valence-corrected chi connectivity index (χ4v) is 4.43. The highest BCUT2D eigenvalue weighted by Crippen LogP contribution is 2.46. The predicted octanol–water partition coefficient (Wildman–Crippen LogP) is 3.90. The fraction of sp³-hybridized carbons (Fsp3) is 0.400. The van der Waals surface area contributed by atoms with Gasteiger partial charge >= 0.3 is 6.18 Å². The number of nitrogens with zero attached hydrogens (tertiary/aromatic N) is 3. The SMILES string of the molecule is CC(=O)N1C[C@H]2CN(c3cccc(C(F)(F)F)n3)C[C@H]2[C@H]1c1cccc(F)c1.